The Kier molecular flexibility index (Phi) is 4.08. The number of carboxylic acids is 1. The summed E-state index contributed by atoms with van der Waals surface area (Å²) in [6.45, 7) is 5.90. The molecule has 0 spiro atoms. The van der Waals surface area contributed by atoms with Crippen LogP contribution in [0.2, 0.25) is 0 Å². The van der Waals surface area contributed by atoms with E-state index in [4.69, 9.17) is 4.74 Å². The van der Waals surface area contributed by atoms with Gasteiger partial charge < -0.3 is 14.8 Å². The van der Waals surface area contributed by atoms with Crippen molar-refractivity contribution >= 4 is 5.97 Å². The van der Waals surface area contributed by atoms with Gasteiger partial charge in [-0.1, -0.05) is 20.8 Å². The summed E-state index contributed by atoms with van der Waals surface area (Å²) in [5.74, 6) is -0.757. The molecule has 116 valence electrons. The van der Waals surface area contributed by atoms with Crippen LogP contribution in [0.25, 0.3) is 11.1 Å². The lowest BCUT2D eigenvalue weighted by atomic mass is 9.83. The Balaban J connectivity index is 2.83. The molecule has 0 aliphatic carbocycles. The van der Waals surface area contributed by atoms with E-state index in [9.17, 15) is 14.7 Å². The van der Waals surface area contributed by atoms with Crippen molar-refractivity contribution in [1.82, 2.24) is 4.98 Å². The molecule has 0 aliphatic heterocycles. The number of methoxy groups -OCH3 is 1. The van der Waals surface area contributed by atoms with Gasteiger partial charge in [-0.2, -0.15) is 0 Å². The van der Waals surface area contributed by atoms with Gasteiger partial charge >= 0.3 is 5.97 Å². The smallest absolute Gasteiger partial charge is 0.339 e. The van der Waals surface area contributed by atoms with Crippen LogP contribution in [0.15, 0.2) is 35.3 Å². The zero-order valence-electron chi connectivity index (χ0n) is 13.1. The van der Waals surface area contributed by atoms with Gasteiger partial charge in [0.15, 0.2) is 0 Å². The maximum Gasteiger partial charge on any atom is 0.339 e. The Bertz CT molecular complexity index is 769. The van der Waals surface area contributed by atoms with Crippen LogP contribution in [0.1, 0.15) is 36.7 Å². The van der Waals surface area contributed by atoms with Gasteiger partial charge in [0.2, 0.25) is 0 Å². The third-order valence-electron chi connectivity index (χ3n) is 3.46. The number of nitrogens with one attached hydrogen (secondary N) is 1. The van der Waals surface area contributed by atoms with E-state index in [1.54, 1.807) is 12.1 Å². The molecule has 2 rings (SSSR count). The number of pyridine rings is 1. The summed E-state index contributed by atoms with van der Waals surface area (Å²) in [7, 11) is 1.45. The number of benzene rings is 1. The first kappa shape index (κ1) is 15.8. The minimum atomic E-state index is -1.09. The largest absolute Gasteiger partial charge is 0.496 e. The maximum absolute atomic E-state index is 12.0. The zero-order valence-corrected chi connectivity index (χ0v) is 13.1. The van der Waals surface area contributed by atoms with E-state index >= 15 is 0 Å². The van der Waals surface area contributed by atoms with Crippen LogP contribution < -0.4 is 10.3 Å². The molecule has 0 atom stereocenters. The van der Waals surface area contributed by atoms with Crippen molar-refractivity contribution in [3.8, 4) is 16.9 Å². The number of carboxylic acid groups (broad SMARTS) is 1. The molecule has 5 nitrogen and oxygen atoms in total. The molecule has 22 heavy (non-hydrogen) atoms. The molecular weight excluding hydrogens is 282 g/mol. The highest BCUT2D eigenvalue weighted by Gasteiger charge is 2.25. The number of aromatic nitrogens is 1. The molecule has 0 saturated heterocycles. The lowest BCUT2D eigenvalue weighted by molar-refractivity contribution is 0.0693. The highest BCUT2D eigenvalue weighted by molar-refractivity contribution is 5.93. The molecule has 5 heteroatoms. The van der Waals surface area contributed by atoms with Crippen LogP contribution in [-0.4, -0.2) is 23.2 Å². The van der Waals surface area contributed by atoms with Crippen LogP contribution in [0.5, 0.6) is 5.75 Å². The van der Waals surface area contributed by atoms with Crippen LogP contribution in [0.4, 0.5) is 0 Å². The summed E-state index contributed by atoms with van der Waals surface area (Å²) < 4.78 is 5.32. The third-order valence-corrected chi connectivity index (χ3v) is 3.46. The topological polar surface area (TPSA) is 79.4 Å². The number of carbonyl (C=O) groups is 1. The van der Waals surface area contributed by atoms with Gasteiger partial charge in [0, 0.05) is 17.3 Å². The Labute approximate surface area is 128 Å². The fraction of sp³-hybridized carbons (Fsp3) is 0.294. The molecule has 2 aromatic rings. The summed E-state index contributed by atoms with van der Waals surface area (Å²) >= 11 is 0. The number of hydrogen-bond acceptors (Lipinski definition) is 3. The number of rotatable bonds is 3. The molecular formula is C17H19NO4. The molecule has 1 heterocycles. The molecule has 1 aromatic carbocycles. The van der Waals surface area contributed by atoms with Crippen LogP contribution in [0.3, 0.4) is 0 Å². The van der Waals surface area contributed by atoms with Crippen molar-refractivity contribution in [3.63, 3.8) is 0 Å². The van der Waals surface area contributed by atoms with Gasteiger partial charge in [0.1, 0.15) is 11.3 Å². The van der Waals surface area contributed by atoms with Gasteiger partial charge in [0.25, 0.3) is 5.56 Å². The van der Waals surface area contributed by atoms with E-state index in [-0.39, 0.29) is 16.5 Å². The second kappa shape index (κ2) is 5.67. The lowest BCUT2D eigenvalue weighted by Crippen LogP contribution is -2.16. The Morgan fingerprint density at radius 3 is 2.45 bits per heavy atom. The van der Waals surface area contributed by atoms with Gasteiger partial charge in [-0.25, -0.2) is 4.79 Å². The first-order valence-electron chi connectivity index (χ1n) is 6.89. The number of ether oxygens (including phenoxy) is 1. The van der Waals surface area contributed by atoms with E-state index in [2.05, 4.69) is 4.98 Å². The quantitative estimate of drug-likeness (QED) is 0.913. The summed E-state index contributed by atoms with van der Waals surface area (Å²) in [5, 5.41) is 9.46. The van der Waals surface area contributed by atoms with Crippen LogP contribution in [-0.2, 0) is 5.41 Å². The van der Waals surface area contributed by atoms with E-state index in [0.717, 1.165) is 5.56 Å². The van der Waals surface area contributed by atoms with Gasteiger partial charge in [0.05, 0.1) is 7.11 Å². The SMILES string of the molecule is COc1c(C(=O)O)cc(-c2ccc[nH]c2=O)cc1C(C)(C)C. The molecule has 1 aromatic heterocycles. The van der Waals surface area contributed by atoms with E-state index in [1.807, 2.05) is 26.8 Å². The standard InChI is InChI=1S/C17H19NO4/c1-17(2,3)13-9-10(11-6-5-7-18-15(11)19)8-12(16(20)21)14(13)22-4/h5-9H,1-4H3,(H,18,19)(H,20,21). The first-order chi connectivity index (χ1) is 10.3. The van der Waals surface area contributed by atoms with Crippen LogP contribution >= 0.6 is 0 Å². The van der Waals surface area contributed by atoms with Gasteiger partial charge in [-0.05, 0) is 35.2 Å². The second-order valence-corrected chi connectivity index (χ2v) is 6.07. The number of H-pyrrole nitrogens is 1. The Hall–Kier alpha value is -2.56. The normalized spacial score (nSPS) is 11.3. The highest BCUT2D eigenvalue weighted by atomic mass is 16.5. The van der Waals surface area contributed by atoms with Crippen molar-refractivity contribution in [1.29, 1.82) is 0 Å². The molecule has 0 bridgehead atoms. The molecule has 0 fully saturated rings. The molecule has 0 aliphatic rings. The van der Waals surface area contributed by atoms with E-state index in [1.165, 1.54) is 19.4 Å². The van der Waals surface area contributed by atoms with E-state index < -0.39 is 5.97 Å². The highest BCUT2D eigenvalue weighted by Crippen LogP contribution is 2.37. The molecule has 0 amide bonds. The predicted molar refractivity (Wildman–Crippen MR) is 84.7 cm³/mol. The number of aromatic carboxylic acids is 1. The van der Waals surface area contributed by atoms with Crippen molar-refractivity contribution in [2.75, 3.05) is 7.11 Å². The summed E-state index contributed by atoms with van der Waals surface area (Å²) in [4.78, 5) is 26.1. The fourth-order valence-corrected chi connectivity index (χ4v) is 2.37. The second-order valence-electron chi connectivity index (χ2n) is 6.07. The summed E-state index contributed by atoms with van der Waals surface area (Å²) in [6.07, 6.45) is 1.54. The lowest BCUT2D eigenvalue weighted by Gasteiger charge is -2.24. The summed E-state index contributed by atoms with van der Waals surface area (Å²) in [5.41, 5.74) is 1.20. The van der Waals surface area contributed by atoms with Crippen molar-refractivity contribution in [2.45, 2.75) is 26.2 Å². The predicted octanol–water partition coefficient (Wildman–Crippen LogP) is 3.05. The molecule has 0 saturated carbocycles. The fourth-order valence-electron chi connectivity index (χ4n) is 2.37. The van der Waals surface area contributed by atoms with Crippen LogP contribution in [0, 0.1) is 0 Å². The van der Waals surface area contributed by atoms with Gasteiger partial charge in [-0.15, -0.1) is 0 Å². The monoisotopic (exact) mass is 301 g/mol. The molecule has 2 N–H and O–H groups in total. The average molecular weight is 301 g/mol. The Morgan fingerprint density at radius 1 is 1.27 bits per heavy atom. The van der Waals surface area contributed by atoms with Crippen molar-refractivity contribution in [2.24, 2.45) is 0 Å². The Morgan fingerprint density at radius 2 is 1.95 bits per heavy atom. The number of aromatic amines is 1. The number of hydrogen-bond donors (Lipinski definition) is 2. The minimum Gasteiger partial charge on any atom is -0.496 e. The molecule has 0 unspecified atom stereocenters. The third kappa shape index (κ3) is 2.88. The first-order valence-corrected chi connectivity index (χ1v) is 6.89. The van der Waals surface area contributed by atoms with E-state index in [0.29, 0.717) is 16.9 Å². The minimum absolute atomic E-state index is 0.0492. The van der Waals surface area contributed by atoms with Crippen molar-refractivity contribution < 1.29 is 14.6 Å². The summed E-state index contributed by atoms with van der Waals surface area (Å²) in [6, 6.07) is 6.66. The average Bonchev–Trinajstić information content (AvgIpc) is 2.45. The maximum atomic E-state index is 12.0. The molecule has 0 radical (unpaired) electrons. The van der Waals surface area contributed by atoms with Gasteiger partial charge in [-0.3, -0.25) is 4.79 Å². The van der Waals surface area contributed by atoms with Crippen molar-refractivity contribution in [3.05, 3.63) is 51.9 Å². The zero-order chi connectivity index (χ0) is 16.5.